The summed E-state index contributed by atoms with van der Waals surface area (Å²) < 4.78 is 6.43. The van der Waals surface area contributed by atoms with Gasteiger partial charge in [0.25, 0.3) is 0 Å². The van der Waals surface area contributed by atoms with Gasteiger partial charge in [0.1, 0.15) is 0 Å². The maximum absolute atomic E-state index is 9.66. The predicted molar refractivity (Wildman–Crippen MR) is 79.0 cm³/mol. The van der Waals surface area contributed by atoms with Gasteiger partial charge in [-0.3, -0.25) is 0 Å². The van der Waals surface area contributed by atoms with Crippen LogP contribution >= 0.6 is 15.9 Å². The second-order valence-corrected chi connectivity index (χ2v) is 6.32. The smallest absolute Gasteiger partial charge is 0.0659 e. The molecule has 1 atom stereocenters. The standard InChI is InChI=1S/C14H22BrNO2/c1-13(2,18-4)9-14(3,10-17)16-12-8-6-5-7-11(12)15/h5-8,16-17H,9-10H2,1-4H3. The minimum Gasteiger partial charge on any atom is -0.394 e. The molecule has 0 amide bonds. The Labute approximate surface area is 118 Å². The molecule has 1 aromatic carbocycles. The average molecular weight is 316 g/mol. The van der Waals surface area contributed by atoms with E-state index in [-0.39, 0.29) is 12.2 Å². The molecule has 1 unspecified atom stereocenters. The number of benzene rings is 1. The Kier molecular flexibility index (Phi) is 5.20. The molecule has 0 spiro atoms. The lowest BCUT2D eigenvalue weighted by Gasteiger charge is -2.37. The molecule has 1 rings (SSSR count). The molecule has 102 valence electrons. The van der Waals surface area contributed by atoms with E-state index in [9.17, 15) is 5.11 Å². The van der Waals surface area contributed by atoms with E-state index < -0.39 is 5.54 Å². The zero-order valence-corrected chi connectivity index (χ0v) is 13.0. The van der Waals surface area contributed by atoms with Crippen molar-refractivity contribution >= 4 is 21.6 Å². The molecule has 2 N–H and O–H groups in total. The predicted octanol–water partition coefficient (Wildman–Crippen LogP) is 3.43. The second-order valence-electron chi connectivity index (χ2n) is 5.46. The molecule has 0 aliphatic carbocycles. The quantitative estimate of drug-likeness (QED) is 0.845. The fraction of sp³-hybridized carbons (Fsp3) is 0.571. The minimum absolute atomic E-state index is 0.0428. The number of rotatable bonds is 6. The van der Waals surface area contributed by atoms with Crippen LogP contribution in [-0.2, 0) is 4.74 Å². The number of methoxy groups -OCH3 is 1. The van der Waals surface area contributed by atoms with E-state index in [0.29, 0.717) is 6.42 Å². The Bertz CT molecular complexity index is 395. The number of hydrogen-bond donors (Lipinski definition) is 2. The van der Waals surface area contributed by atoms with E-state index in [4.69, 9.17) is 4.74 Å². The number of ether oxygens (including phenoxy) is 1. The molecule has 0 radical (unpaired) electrons. The Hall–Kier alpha value is -0.580. The van der Waals surface area contributed by atoms with Crippen LogP contribution in [0.4, 0.5) is 5.69 Å². The molecule has 0 saturated carbocycles. The molecule has 3 nitrogen and oxygen atoms in total. The van der Waals surface area contributed by atoms with Crippen LogP contribution in [0, 0.1) is 0 Å². The fourth-order valence-electron chi connectivity index (χ4n) is 2.04. The van der Waals surface area contributed by atoms with Gasteiger partial charge in [-0.1, -0.05) is 12.1 Å². The number of aliphatic hydroxyl groups excluding tert-OH is 1. The number of aliphatic hydroxyl groups is 1. The van der Waals surface area contributed by atoms with Crippen LogP contribution in [0.25, 0.3) is 0 Å². The summed E-state index contributed by atoms with van der Waals surface area (Å²) in [6, 6.07) is 7.89. The van der Waals surface area contributed by atoms with E-state index in [1.54, 1.807) is 7.11 Å². The minimum atomic E-state index is -0.427. The number of anilines is 1. The van der Waals surface area contributed by atoms with Gasteiger partial charge >= 0.3 is 0 Å². The van der Waals surface area contributed by atoms with Crippen LogP contribution in [0.1, 0.15) is 27.2 Å². The van der Waals surface area contributed by atoms with Crippen molar-refractivity contribution in [3.8, 4) is 0 Å². The highest BCUT2D eigenvalue weighted by molar-refractivity contribution is 9.10. The summed E-state index contributed by atoms with van der Waals surface area (Å²) in [4.78, 5) is 0. The first-order valence-corrected chi connectivity index (χ1v) is 6.80. The van der Waals surface area contributed by atoms with Gasteiger partial charge < -0.3 is 15.2 Å². The summed E-state index contributed by atoms with van der Waals surface area (Å²) in [5.41, 5.74) is 0.260. The van der Waals surface area contributed by atoms with Crippen molar-refractivity contribution in [2.24, 2.45) is 0 Å². The Morgan fingerprint density at radius 1 is 1.28 bits per heavy atom. The van der Waals surface area contributed by atoms with Gasteiger partial charge in [-0.25, -0.2) is 0 Å². The molecule has 0 bridgehead atoms. The highest BCUT2D eigenvalue weighted by Crippen LogP contribution is 2.30. The van der Waals surface area contributed by atoms with Crippen LogP contribution in [0.15, 0.2) is 28.7 Å². The molecule has 0 heterocycles. The van der Waals surface area contributed by atoms with E-state index in [1.807, 2.05) is 45.0 Å². The van der Waals surface area contributed by atoms with E-state index in [1.165, 1.54) is 0 Å². The first-order chi connectivity index (χ1) is 8.32. The van der Waals surface area contributed by atoms with E-state index in [2.05, 4.69) is 21.2 Å². The third-order valence-corrected chi connectivity index (χ3v) is 3.72. The van der Waals surface area contributed by atoms with Crippen molar-refractivity contribution in [2.45, 2.75) is 38.3 Å². The second kappa shape index (κ2) is 6.04. The lowest BCUT2D eigenvalue weighted by atomic mass is 9.88. The third kappa shape index (κ3) is 4.26. The molecular weight excluding hydrogens is 294 g/mol. The van der Waals surface area contributed by atoms with E-state index >= 15 is 0 Å². The number of nitrogens with one attached hydrogen (secondary N) is 1. The highest BCUT2D eigenvalue weighted by Gasteiger charge is 2.32. The maximum Gasteiger partial charge on any atom is 0.0659 e. The van der Waals surface area contributed by atoms with Crippen LogP contribution in [0.2, 0.25) is 0 Å². The monoisotopic (exact) mass is 315 g/mol. The van der Waals surface area contributed by atoms with Gasteiger partial charge in [0.2, 0.25) is 0 Å². The molecule has 0 saturated heterocycles. The highest BCUT2D eigenvalue weighted by atomic mass is 79.9. The molecule has 4 heteroatoms. The summed E-state index contributed by atoms with van der Waals surface area (Å²) in [6.07, 6.45) is 0.703. The van der Waals surface area contributed by atoms with Crippen molar-refractivity contribution in [3.05, 3.63) is 28.7 Å². The zero-order chi connectivity index (χ0) is 13.8. The lowest BCUT2D eigenvalue weighted by Crippen LogP contribution is -2.45. The first-order valence-electron chi connectivity index (χ1n) is 6.01. The first kappa shape index (κ1) is 15.5. The topological polar surface area (TPSA) is 41.5 Å². The molecule has 0 aliphatic heterocycles. The van der Waals surface area contributed by atoms with Gasteiger partial charge in [0.05, 0.1) is 17.7 Å². The van der Waals surface area contributed by atoms with Crippen molar-refractivity contribution in [3.63, 3.8) is 0 Å². The molecule has 18 heavy (non-hydrogen) atoms. The molecule has 0 aromatic heterocycles. The summed E-state index contributed by atoms with van der Waals surface area (Å²) in [7, 11) is 1.69. The Morgan fingerprint density at radius 3 is 2.39 bits per heavy atom. The number of para-hydroxylation sites is 1. The molecule has 1 aromatic rings. The van der Waals surface area contributed by atoms with Crippen molar-refractivity contribution in [1.82, 2.24) is 0 Å². The zero-order valence-electron chi connectivity index (χ0n) is 11.5. The van der Waals surface area contributed by atoms with Crippen LogP contribution < -0.4 is 5.32 Å². The van der Waals surface area contributed by atoms with Crippen molar-refractivity contribution in [2.75, 3.05) is 19.0 Å². The molecule has 0 fully saturated rings. The van der Waals surface area contributed by atoms with Crippen LogP contribution in [-0.4, -0.2) is 30.0 Å². The number of halogens is 1. The summed E-state index contributed by atoms with van der Waals surface area (Å²) in [5, 5.41) is 13.0. The largest absolute Gasteiger partial charge is 0.394 e. The van der Waals surface area contributed by atoms with E-state index in [0.717, 1.165) is 10.2 Å². The van der Waals surface area contributed by atoms with Crippen molar-refractivity contribution in [1.29, 1.82) is 0 Å². The van der Waals surface area contributed by atoms with Gasteiger partial charge in [-0.15, -0.1) is 0 Å². The fourth-order valence-corrected chi connectivity index (χ4v) is 2.42. The Balaban J connectivity index is 2.86. The SMILES string of the molecule is COC(C)(C)CC(C)(CO)Nc1ccccc1Br. The summed E-state index contributed by atoms with van der Waals surface area (Å²) in [5.74, 6) is 0. The van der Waals surface area contributed by atoms with Gasteiger partial charge in [-0.2, -0.15) is 0 Å². The van der Waals surface area contributed by atoms with Crippen LogP contribution in [0.5, 0.6) is 0 Å². The third-order valence-electron chi connectivity index (χ3n) is 3.03. The Morgan fingerprint density at radius 2 is 1.89 bits per heavy atom. The normalized spacial score (nSPS) is 15.2. The average Bonchev–Trinajstić information content (AvgIpc) is 2.32. The van der Waals surface area contributed by atoms with Gasteiger partial charge in [-0.05, 0) is 48.8 Å². The van der Waals surface area contributed by atoms with Crippen LogP contribution in [0.3, 0.4) is 0 Å². The van der Waals surface area contributed by atoms with Gasteiger partial charge in [0.15, 0.2) is 0 Å². The lowest BCUT2D eigenvalue weighted by molar-refractivity contribution is -0.00532. The maximum atomic E-state index is 9.66. The van der Waals surface area contributed by atoms with Gasteiger partial charge in [0, 0.05) is 23.7 Å². The number of hydrogen-bond acceptors (Lipinski definition) is 3. The summed E-state index contributed by atoms with van der Waals surface area (Å²) >= 11 is 3.50. The molecule has 0 aliphatic rings. The molecular formula is C14H22BrNO2. The summed E-state index contributed by atoms with van der Waals surface area (Å²) in [6.45, 7) is 6.07. The van der Waals surface area contributed by atoms with Crippen molar-refractivity contribution < 1.29 is 9.84 Å².